The summed E-state index contributed by atoms with van der Waals surface area (Å²) in [5.41, 5.74) is 6.48. The SMILES string of the molecule is COc1ccc(C/C(C)=N\NC(=O)COc2cc(C)cc(C)c2)cc1OC. The third-order valence-electron chi connectivity index (χ3n) is 3.84. The molecule has 0 radical (unpaired) electrons. The highest BCUT2D eigenvalue weighted by Gasteiger charge is 2.07. The minimum absolute atomic E-state index is 0.0873. The summed E-state index contributed by atoms with van der Waals surface area (Å²) in [6.45, 7) is 5.74. The van der Waals surface area contributed by atoms with E-state index in [-0.39, 0.29) is 12.5 Å². The van der Waals surface area contributed by atoms with Crippen LogP contribution >= 0.6 is 0 Å². The smallest absolute Gasteiger partial charge is 0.277 e. The third kappa shape index (κ3) is 6.33. The molecule has 0 aliphatic carbocycles. The molecule has 0 heterocycles. The van der Waals surface area contributed by atoms with Crippen molar-refractivity contribution < 1.29 is 19.0 Å². The van der Waals surface area contributed by atoms with Crippen LogP contribution in [0.1, 0.15) is 23.6 Å². The quantitative estimate of drug-likeness (QED) is 0.571. The predicted octanol–water partition coefficient (Wildman–Crippen LogP) is 3.43. The molecule has 0 aliphatic rings. The minimum atomic E-state index is -0.305. The van der Waals surface area contributed by atoms with Crippen molar-refractivity contribution in [1.82, 2.24) is 5.43 Å². The second-order valence-corrected chi connectivity index (χ2v) is 6.36. The van der Waals surface area contributed by atoms with Gasteiger partial charge in [0.25, 0.3) is 5.91 Å². The van der Waals surface area contributed by atoms with E-state index in [1.54, 1.807) is 14.2 Å². The molecule has 27 heavy (non-hydrogen) atoms. The van der Waals surface area contributed by atoms with Crippen molar-refractivity contribution in [2.24, 2.45) is 5.10 Å². The van der Waals surface area contributed by atoms with Gasteiger partial charge in [-0.1, -0.05) is 12.1 Å². The average Bonchev–Trinajstić information content (AvgIpc) is 2.63. The number of amides is 1. The Morgan fingerprint density at radius 3 is 2.30 bits per heavy atom. The van der Waals surface area contributed by atoms with Gasteiger partial charge in [-0.3, -0.25) is 4.79 Å². The Bertz CT molecular complexity index is 811. The summed E-state index contributed by atoms with van der Waals surface area (Å²) in [6, 6.07) is 11.5. The Kier molecular flexibility index (Phi) is 7.23. The van der Waals surface area contributed by atoms with Gasteiger partial charge in [-0.15, -0.1) is 0 Å². The summed E-state index contributed by atoms with van der Waals surface area (Å²) < 4.78 is 16.0. The van der Waals surface area contributed by atoms with Crippen LogP contribution in [0, 0.1) is 13.8 Å². The first-order valence-corrected chi connectivity index (χ1v) is 8.65. The Balaban J connectivity index is 1.88. The number of methoxy groups -OCH3 is 2. The molecular weight excluding hydrogens is 344 g/mol. The zero-order valence-corrected chi connectivity index (χ0v) is 16.5. The number of nitrogens with zero attached hydrogens (tertiary/aromatic N) is 1. The fraction of sp³-hybridized carbons (Fsp3) is 0.333. The van der Waals surface area contributed by atoms with Crippen molar-refractivity contribution in [2.45, 2.75) is 27.2 Å². The Morgan fingerprint density at radius 2 is 1.67 bits per heavy atom. The Morgan fingerprint density at radius 1 is 1.00 bits per heavy atom. The molecule has 6 nitrogen and oxygen atoms in total. The largest absolute Gasteiger partial charge is 0.493 e. The van der Waals surface area contributed by atoms with Crippen LogP contribution < -0.4 is 19.6 Å². The number of rotatable bonds is 8. The highest BCUT2D eigenvalue weighted by atomic mass is 16.5. The first-order chi connectivity index (χ1) is 12.9. The molecule has 0 unspecified atom stereocenters. The van der Waals surface area contributed by atoms with Crippen LogP contribution in [0.3, 0.4) is 0 Å². The van der Waals surface area contributed by atoms with Gasteiger partial charge in [-0.25, -0.2) is 5.43 Å². The molecule has 2 aromatic rings. The monoisotopic (exact) mass is 370 g/mol. The molecular formula is C21H26N2O4. The van der Waals surface area contributed by atoms with E-state index in [0.29, 0.717) is 23.7 Å². The van der Waals surface area contributed by atoms with E-state index in [4.69, 9.17) is 14.2 Å². The van der Waals surface area contributed by atoms with Crippen LogP contribution in [0.2, 0.25) is 0 Å². The summed E-state index contributed by atoms with van der Waals surface area (Å²) >= 11 is 0. The number of hydrogen-bond acceptors (Lipinski definition) is 5. The molecule has 0 fully saturated rings. The first-order valence-electron chi connectivity index (χ1n) is 8.65. The van der Waals surface area contributed by atoms with Crippen molar-refractivity contribution in [3.8, 4) is 17.2 Å². The van der Waals surface area contributed by atoms with Gasteiger partial charge < -0.3 is 14.2 Å². The van der Waals surface area contributed by atoms with E-state index in [2.05, 4.69) is 16.6 Å². The average molecular weight is 370 g/mol. The van der Waals surface area contributed by atoms with Gasteiger partial charge in [0.15, 0.2) is 18.1 Å². The van der Waals surface area contributed by atoms with Crippen molar-refractivity contribution in [3.05, 3.63) is 53.1 Å². The zero-order chi connectivity index (χ0) is 19.8. The molecule has 2 aromatic carbocycles. The maximum absolute atomic E-state index is 11.9. The number of hydrogen-bond donors (Lipinski definition) is 1. The molecule has 1 amide bonds. The highest BCUT2D eigenvalue weighted by Crippen LogP contribution is 2.27. The predicted molar refractivity (Wildman–Crippen MR) is 106 cm³/mol. The lowest BCUT2D eigenvalue weighted by Gasteiger charge is -2.10. The van der Waals surface area contributed by atoms with Gasteiger partial charge in [-0.05, 0) is 61.7 Å². The summed E-state index contributed by atoms with van der Waals surface area (Å²) in [5.74, 6) is 1.70. The van der Waals surface area contributed by atoms with Crippen molar-refractivity contribution in [1.29, 1.82) is 0 Å². The standard InChI is InChI=1S/C21H26N2O4/c1-14-8-15(2)10-18(9-14)27-13-21(24)23-22-16(3)11-17-6-7-19(25-4)20(12-17)26-5/h6-10,12H,11,13H2,1-5H3,(H,23,24)/b22-16-. The fourth-order valence-electron chi connectivity index (χ4n) is 2.68. The van der Waals surface area contributed by atoms with Gasteiger partial charge in [0.1, 0.15) is 5.75 Å². The lowest BCUT2D eigenvalue weighted by atomic mass is 10.1. The number of carbonyl (C=O) groups is 1. The highest BCUT2D eigenvalue weighted by molar-refractivity contribution is 5.86. The second kappa shape index (κ2) is 9.62. The number of benzene rings is 2. The van der Waals surface area contributed by atoms with E-state index < -0.39 is 0 Å². The topological polar surface area (TPSA) is 69.2 Å². The van der Waals surface area contributed by atoms with Crippen LogP contribution in [0.25, 0.3) is 0 Å². The van der Waals surface area contributed by atoms with Gasteiger partial charge >= 0.3 is 0 Å². The zero-order valence-electron chi connectivity index (χ0n) is 16.5. The molecule has 0 spiro atoms. The van der Waals surface area contributed by atoms with E-state index >= 15 is 0 Å². The number of aryl methyl sites for hydroxylation is 2. The van der Waals surface area contributed by atoms with Crippen molar-refractivity contribution in [3.63, 3.8) is 0 Å². The number of ether oxygens (including phenoxy) is 3. The maximum Gasteiger partial charge on any atom is 0.277 e. The fourth-order valence-corrected chi connectivity index (χ4v) is 2.68. The number of nitrogens with one attached hydrogen (secondary N) is 1. The van der Waals surface area contributed by atoms with E-state index in [1.165, 1.54) is 0 Å². The minimum Gasteiger partial charge on any atom is -0.493 e. The lowest BCUT2D eigenvalue weighted by molar-refractivity contribution is -0.123. The van der Waals surface area contributed by atoms with Crippen LogP contribution in [0.4, 0.5) is 0 Å². The molecule has 0 atom stereocenters. The number of carbonyl (C=O) groups excluding carboxylic acids is 1. The van der Waals surface area contributed by atoms with Crippen molar-refractivity contribution >= 4 is 11.6 Å². The van der Waals surface area contributed by atoms with Gasteiger partial charge in [0.05, 0.1) is 14.2 Å². The van der Waals surface area contributed by atoms with Crippen LogP contribution in [0.5, 0.6) is 17.2 Å². The molecule has 0 saturated heterocycles. The van der Waals surface area contributed by atoms with Crippen molar-refractivity contribution in [2.75, 3.05) is 20.8 Å². The first kappa shape index (κ1) is 20.3. The lowest BCUT2D eigenvalue weighted by Crippen LogP contribution is -2.25. The second-order valence-electron chi connectivity index (χ2n) is 6.36. The third-order valence-corrected chi connectivity index (χ3v) is 3.84. The summed E-state index contributed by atoms with van der Waals surface area (Å²) in [7, 11) is 3.19. The van der Waals surface area contributed by atoms with Crippen LogP contribution in [-0.4, -0.2) is 32.4 Å². The molecule has 1 N–H and O–H groups in total. The normalized spacial score (nSPS) is 11.1. The summed E-state index contributed by atoms with van der Waals surface area (Å²) in [4.78, 5) is 11.9. The van der Waals surface area contributed by atoms with Gasteiger partial charge in [0.2, 0.25) is 0 Å². The Labute approximate surface area is 160 Å². The summed E-state index contributed by atoms with van der Waals surface area (Å²) in [6.07, 6.45) is 0.582. The molecule has 0 aliphatic heterocycles. The van der Waals surface area contributed by atoms with Gasteiger partial charge in [0, 0.05) is 12.1 Å². The molecule has 144 valence electrons. The van der Waals surface area contributed by atoms with E-state index in [0.717, 1.165) is 22.4 Å². The van der Waals surface area contributed by atoms with E-state index in [1.807, 2.05) is 51.1 Å². The van der Waals surface area contributed by atoms with Crippen LogP contribution in [0.15, 0.2) is 41.5 Å². The molecule has 0 saturated carbocycles. The molecule has 0 bridgehead atoms. The molecule has 2 rings (SSSR count). The molecule has 6 heteroatoms. The van der Waals surface area contributed by atoms with Gasteiger partial charge in [-0.2, -0.15) is 5.10 Å². The summed E-state index contributed by atoms with van der Waals surface area (Å²) in [5, 5.41) is 4.13. The molecule has 0 aromatic heterocycles. The maximum atomic E-state index is 11.9. The number of hydrazone groups is 1. The van der Waals surface area contributed by atoms with Crippen LogP contribution in [-0.2, 0) is 11.2 Å². The Hall–Kier alpha value is -3.02. The van der Waals surface area contributed by atoms with E-state index in [9.17, 15) is 4.79 Å².